The SMILES string of the molecule is CCc1cccc2c(/C=C3/C(=O)N(c4ccc(C)c(C)c4)C(=S)N3C)cn(CC(=O)NC[C@@H]3CCCO3)c12. The topological polar surface area (TPSA) is 66.8 Å². The fourth-order valence-electron chi connectivity index (χ4n) is 5.23. The molecular weight excluding hydrogens is 496 g/mol. The highest BCUT2D eigenvalue weighted by molar-refractivity contribution is 7.80. The van der Waals surface area contributed by atoms with Gasteiger partial charge in [-0.25, -0.2) is 0 Å². The number of hydrogen-bond donors (Lipinski definition) is 1. The molecule has 2 aromatic carbocycles. The number of para-hydroxylation sites is 1. The lowest BCUT2D eigenvalue weighted by atomic mass is 10.1. The lowest BCUT2D eigenvalue weighted by molar-refractivity contribution is -0.122. The molecule has 2 saturated heterocycles. The van der Waals surface area contributed by atoms with Crippen LogP contribution >= 0.6 is 12.2 Å². The van der Waals surface area contributed by atoms with Crippen LogP contribution in [0.5, 0.6) is 0 Å². The highest BCUT2D eigenvalue weighted by atomic mass is 32.1. The molecule has 0 spiro atoms. The van der Waals surface area contributed by atoms with Gasteiger partial charge in [0.05, 0.1) is 17.3 Å². The van der Waals surface area contributed by atoms with Gasteiger partial charge in [0.2, 0.25) is 5.91 Å². The largest absolute Gasteiger partial charge is 0.376 e. The number of likely N-dealkylation sites (N-methyl/N-ethyl adjacent to an activating group) is 1. The fourth-order valence-corrected chi connectivity index (χ4v) is 5.52. The molecule has 1 N–H and O–H groups in total. The number of amides is 2. The Kier molecular flexibility index (Phi) is 7.36. The van der Waals surface area contributed by atoms with Crippen LogP contribution in [0.25, 0.3) is 17.0 Å². The number of thiocarbonyl (C=S) groups is 1. The summed E-state index contributed by atoms with van der Waals surface area (Å²) >= 11 is 5.69. The first-order valence-electron chi connectivity index (χ1n) is 13.2. The number of nitrogens with zero attached hydrogens (tertiary/aromatic N) is 3. The number of benzene rings is 2. The summed E-state index contributed by atoms with van der Waals surface area (Å²) in [6, 6.07) is 12.1. The Balaban J connectivity index is 1.48. The smallest absolute Gasteiger partial charge is 0.281 e. The van der Waals surface area contributed by atoms with Crippen LogP contribution < -0.4 is 10.2 Å². The maximum atomic E-state index is 13.6. The predicted octanol–water partition coefficient (Wildman–Crippen LogP) is 4.72. The van der Waals surface area contributed by atoms with Crippen molar-refractivity contribution in [1.29, 1.82) is 0 Å². The Morgan fingerprint density at radius 3 is 2.74 bits per heavy atom. The van der Waals surface area contributed by atoms with E-state index in [1.807, 2.05) is 68.1 Å². The molecule has 0 radical (unpaired) electrons. The van der Waals surface area contributed by atoms with Gasteiger partial charge in [-0.15, -0.1) is 0 Å². The van der Waals surface area contributed by atoms with E-state index in [0.29, 0.717) is 17.4 Å². The summed E-state index contributed by atoms with van der Waals surface area (Å²) < 4.78 is 7.63. The van der Waals surface area contributed by atoms with Gasteiger partial charge in [0.25, 0.3) is 5.91 Å². The van der Waals surface area contributed by atoms with E-state index in [9.17, 15) is 9.59 Å². The third kappa shape index (κ3) is 4.86. The van der Waals surface area contributed by atoms with Gasteiger partial charge >= 0.3 is 0 Å². The molecule has 0 aliphatic carbocycles. The van der Waals surface area contributed by atoms with Crippen molar-refractivity contribution in [2.45, 2.75) is 52.7 Å². The second kappa shape index (κ2) is 10.7. The van der Waals surface area contributed by atoms with E-state index in [2.05, 4.69) is 18.3 Å². The van der Waals surface area contributed by atoms with Crippen LogP contribution in [0, 0.1) is 13.8 Å². The Morgan fingerprint density at radius 2 is 2.03 bits per heavy atom. The quantitative estimate of drug-likeness (QED) is 0.354. The Bertz CT molecular complexity index is 1450. The van der Waals surface area contributed by atoms with Gasteiger partial charge in [-0.05, 0) is 80.2 Å². The maximum absolute atomic E-state index is 13.6. The number of aryl methyl sites for hydroxylation is 3. The molecule has 3 heterocycles. The minimum atomic E-state index is -0.164. The standard InChI is InChI=1S/C30H34N4O3S/c1-5-21-8-6-10-25-22(17-33(28(21)25)18-27(35)31-16-24-9-7-13-37-24)15-26-29(36)34(30(38)32(26)4)23-12-11-19(2)20(3)14-23/h6,8,10-12,14-15,17,24H,5,7,9,13,16,18H2,1-4H3,(H,31,35)/b26-15-/t24-/m0/s1. The molecule has 198 valence electrons. The Hall–Kier alpha value is -3.49. The van der Waals surface area contributed by atoms with Gasteiger partial charge in [-0.3, -0.25) is 14.5 Å². The van der Waals surface area contributed by atoms with Gasteiger partial charge in [-0.2, -0.15) is 0 Å². The van der Waals surface area contributed by atoms with Crippen LogP contribution in [-0.2, 0) is 27.3 Å². The predicted molar refractivity (Wildman–Crippen MR) is 155 cm³/mol. The second-order valence-corrected chi connectivity index (χ2v) is 10.5. The van der Waals surface area contributed by atoms with E-state index < -0.39 is 0 Å². The molecule has 2 aliphatic rings. The fraction of sp³-hybridized carbons (Fsp3) is 0.367. The van der Waals surface area contributed by atoms with Crippen LogP contribution in [0.4, 0.5) is 5.69 Å². The lowest BCUT2D eigenvalue weighted by Crippen LogP contribution is -2.34. The molecule has 2 amide bonds. The highest BCUT2D eigenvalue weighted by Gasteiger charge is 2.37. The maximum Gasteiger partial charge on any atom is 0.281 e. The summed E-state index contributed by atoms with van der Waals surface area (Å²) in [5.41, 5.74) is 6.56. The third-order valence-electron chi connectivity index (χ3n) is 7.56. The molecule has 8 heteroatoms. The van der Waals surface area contributed by atoms with E-state index in [4.69, 9.17) is 17.0 Å². The molecule has 1 atom stereocenters. The van der Waals surface area contributed by atoms with Gasteiger partial charge in [0.1, 0.15) is 12.2 Å². The number of anilines is 1. The number of rotatable bonds is 7. The number of fused-ring (bicyclic) bond motifs is 1. The molecule has 7 nitrogen and oxygen atoms in total. The zero-order valence-electron chi connectivity index (χ0n) is 22.4. The van der Waals surface area contributed by atoms with Crippen molar-refractivity contribution < 1.29 is 14.3 Å². The molecular formula is C30H34N4O3S. The van der Waals surface area contributed by atoms with E-state index in [-0.39, 0.29) is 24.5 Å². The molecule has 2 aliphatic heterocycles. The minimum Gasteiger partial charge on any atom is -0.376 e. The first-order chi connectivity index (χ1) is 18.3. The van der Waals surface area contributed by atoms with Crippen molar-refractivity contribution in [3.05, 3.63) is 70.5 Å². The number of ether oxygens (including phenoxy) is 1. The van der Waals surface area contributed by atoms with Gasteiger partial charge in [0, 0.05) is 37.3 Å². The van der Waals surface area contributed by atoms with E-state index in [0.717, 1.165) is 64.7 Å². The van der Waals surface area contributed by atoms with Crippen molar-refractivity contribution in [3.8, 4) is 0 Å². The number of carbonyl (C=O) groups is 2. The van der Waals surface area contributed by atoms with Crippen LogP contribution in [-0.4, -0.2) is 52.7 Å². The van der Waals surface area contributed by atoms with E-state index >= 15 is 0 Å². The van der Waals surface area contributed by atoms with Crippen molar-refractivity contribution in [1.82, 2.24) is 14.8 Å². The van der Waals surface area contributed by atoms with Crippen molar-refractivity contribution >= 4 is 51.8 Å². The van der Waals surface area contributed by atoms with Gasteiger partial charge in [0.15, 0.2) is 5.11 Å². The number of aromatic nitrogens is 1. The molecule has 0 unspecified atom stereocenters. The zero-order valence-corrected chi connectivity index (χ0v) is 23.2. The third-order valence-corrected chi connectivity index (χ3v) is 8.02. The molecule has 3 aromatic rings. The van der Waals surface area contributed by atoms with Crippen LogP contribution in [0.1, 0.15) is 42.0 Å². The molecule has 0 saturated carbocycles. The van der Waals surface area contributed by atoms with Crippen molar-refractivity contribution in [2.24, 2.45) is 0 Å². The first-order valence-corrected chi connectivity index (χ1v) is 13.6. The minimum absolute atomic E-state index is 0.0568. The monoisotopic (exact) mass is 530 g/mol. The number of nitrogens with one attached hydrogen (secondary N) is 1. The number of carbonyl (C=O) groups excluding carboxylic acids is 2. The molecule has 0 bridgehead atoms. The lowest BCUT2D eigenvalue weighted by Gasteiger charge is -2.17. The van der Waals surface area contributed by atoms with Crippen molar-refractivity contribution in [2.75, 3.05) is 25.1 Å². The summed E-state index contributed by atoms with van der Waals surface area (Å²) in [6.07, 6.45) is 6.80. The highest BCUT2D eigenvalue weighted by Crippen LogP contribution is 2.32. The average Bonchev–Trinajstić information content (AvgIpc) is 3.60. The second-order valence-electron chi connectivity index (χ2n) is 10.1. The molecule has 5 rings (SSSR count). The summed E-state index contributed by atoms with van der Waals surface area (Å²) in [4.78, 5) is 29.8. The summed E-state index contributed by atoms with van der Waals surface area (Å²) in [6.45, 7) is 7.67. The van der Waals surface area contributed by atoms with Gasteiger partial charge in [-0.1, -0.05) is 31.2 Å². The van der Waals surface area contributed by atoms with Crippen molar-refractivity contribution in [3.63, 3.8) is 0 Å². The zero-order chi connectivity index (χ0) is 27.0. The normalized spacial score (nSPS) is 18.8. The van der Waals surface area contributed by atoms with Crippen LogP contribution in [0.3, 0.4) is 0 Å². The molecule has 1 aromatic heterocycles. The summed E-state index contributed by atoms with van der Waals surface area (Å²) in [5.74, 6) is -0.221. The van der Waals surface area contributed by atoms with Crippen LogP contribution in [0.2, 0.25) is 0 Å². The Labute approximate surface area is 229 Å². The average molecular weight is 531 g/mol. The summed E-state index contributed by atoms with van der Waals surface area (Å²) in [7, 11) is 1.82. The van der Waals surface area contributed by atoms with Gasteiger partial charge < -0.3 is 19.5 Å². The molecule has 2 fully saturated rings. The van der Waals surface area contributed by atoms with Crippen LogP contribution in [0.15, 0.2) is 48.3 Å². The summed E-state index contributed by atoms with van der Waals surface area (Å²) in [5, 5.41) is 4.46. The van der Waals surface area contributed by atoms with E-state index in [1.165, 1.54) is 0 Å². The van der Waals surface area contributed by atoms with E-state index in [1.54, 1.807) is 9.80 Å². The molecule has 38 heavy (non-hydrogen) atoms. The number of hydrogen-bond acceptors (Lipinski definition) is 4. The first kappa shape index (κ1) is 26.1. The Morgan fingerprint density at radius 1 is 1.21 bits per heavy atom.